The molecule has 0 atom stereocenters. The van der Waals surface area contributed by atoms with Gasteiger partial charge in [0.2, 0.25) is 0 Å². The molecule has 0 aliphatic rings. The third-order valence-electron chi connectivity index (χ3n) is 10.7. The first-order valence-electron chi connectivity index (χ1n) is 22.7. The van der Waals surface area contributed by atoms with E-state index in [2.05, 4.69) is 13.8 Å². The van der Waals surface area contributed by atoms with Gasteiger partial charge in [-0.05, 0) is 73.2 Å². The Labute approximate surface area is 399 Å². The van der Waals surface area contributed by atoms with Crippen LogP contribution in [-0.2, 0) is 33.1 Å². The van der Waals surface area contributed by atoms with Crippen LogP contribution in [0.1, 0.15) is 166 Å². The van der Waals surface area contributed by atoms with Gasteiger partial charge in [0.15, 0.2) is 0 Å². The van der Waals surface area contributed by atoms with Crippen molar-refractivity contribution in [1.82, 2.24) is 0 Å². The van der Waals surface area contributed by atoms with Crippen molar-refractivity contribution in [3.63, 3.8) is 0 Å². The SMILES string of the molecule is CCCCCCCCCCCCCc1cccc(S(=O)(=O)[O-])c1Oc1ccccc1.CCCCCCCCCCCCCc1cccc(S(=O)(=O)[O-])c1Oc1ccccc1.[Ca+2]. The number of para-hydroxylation sites is 4. The monoisotopic (exact) mass is 902 g/mol. The van der Waals surface area contributed by atoms with Gasteiger partial charge in [-0.25, -0.2) is 16.8 Å². The first kappa shape index (κ1) is 54.7. The van der Waals surface area contributed by atoms with Crippen LogP contribution in [0.3, 0.4) is 0 Å². The molecule has 11 heteroatoms. The fourth-order valence-corrected chi connectivity index (χ4v) is 8.60. The average Bonchev–Trinajstić information content (AvgIpc) is 3.23. The number of hydrogen-bond donors (Lipinski definition) is 0. The summed E-state index contributed by atoms with van der Waals surface area (Å²) in [7, 11) is -9.21. The van der Waals surface area contributed by atoms with E-state index in [0.717, 1.165) is 36.8 Å². The number of hydrogen-bond acceptors (Lipinski definition) is 8. The number of rotatable bonds is 30. The molecule has 0 fully saturated rings. The number of aryl methyl sites for hydroxylation is 2. The van der Waals surface area contributed by atoms with Crippen molar-refractivity contribution >= 4 is 58.0 Å². The van der Waals surface area contributed by atoms with Gasteiger partial charge >= 0.3 is 37.7 Å². The maximum atomic E-state index is 11.7. The standard InChI is InChI=1S/2C25H36O4S.Ca/c2*1-2-3-4-5-6-7-8-9-10-11-13-17-22-18-16-21-24(30(26,27)28)25(22)29-23-19-14-12-15-20-23;/h2*12,14-16,18-21H,2-11,13,17H2,1H3,(H,26,27,28);/q;;+2/p-2. The van der Waals surface area contributed by atoms with E-state index in [9.17, 15) is 25.9 Å². The molecule has 4 rings (SSSR count). The Bertz CT molecular complexity index is 1810. The molecule has 0 radical (unpaired) electrons. The number of benzene rings is 4. The molecule has 0 spiro atoms. The van der Waals surface area contributed by atoms with E-state index in [1.54, 1.807) is 36.4 Å². The molecule has 0 bridgehead atoms. The Morgan fingerprint density at radius 2 is 0.656 bits per heavy atom. The van der Waals surface area contributed by atoms with Gasteiger partial charge in [0, 0.05) is 0 Å². The molecule has 8 nitrogen and oxygen atoms in total. The summed E-state index contributed by atoms with van der Waals surface area (Å²) < 4.78 is 82.0. The van der Waals surface area contributed by atoms with E-state index in [1.165, 1.54) is 128 Å². The molecule has 0 saturated heterocycles. The molecule has 0 heterocycles. The second-order valence-electron chi connectivity index (χ2n) is 15.8. The normalized spacial score (nSPS) is 11.3. The predicted molar refractivity (Wildman–Crippen MR) is 248 cm³/mol. The van der Waals surface area contributed by atoms with E-state index < -0.39 is 20.2 Å². The third kappa shape index (κ3) is 23.2. The second kappa shape index (κ2) is 32.3. The molecule has 0 amide bonds. The van der Waals surface area contributed by atoms with Gasteiger partial charge in [0.25, 0.3) is 0 Å². The maximum Gasteiger partial charge on any atom is 2.00 e. The topological polar surface area (TPSA) is 133 Å². The van der Waals surface area contributed by atoms with E-state index in [1.807, 2.05) is 48.5 Å². The molecule has 0 N–H and O–H groups in total. The zero-order valence-electron chi connectivity index (χ0n) is 37.0. The summed E-state index contributed by atoms with van der Waals surface area (Å²) in [6.45, 7) is 4.49. The molecule has 0 aromatic heterocycles. The van der Waals surface area contributed by atoms with Crippen molar-refractivity contribution in [2.24, 2.45) is 0 Å². The first-order valence-corrected chi connectivity index (χ1v) is 25.5. The predicted octanol–water partition coefficient (Wildman–Crippen LogP) is 14.1. The zero-order chi connectivity index (χ0) is 43.3. The Morgan fingerprint density at radius 3 is 0.934 bits per heavy atom. The summed E-state index contributed by atoms with van der Waals surface area (Å²) in [6, 6.07) is 27.6. The molecule has 0 aliphatic heterocycles. The van der Waals surface area contributed by atoms with Crippen LogP contribution in [0, 0.1) is 0 Å². The van der Waals surface area contributed by atoms with Crippen LogP contribution in [0.15, 0.2) is 107 Å². The van der Waals surface area contributed by atoms with Crippen molar-refractivity contribution in [2.45, 2.75) is 178 Å². The Hall–Kier alpha value is -2.44. The van der Waals surface area contributed by atoms with Crippen LogP contribution < -0.4 is 9.47 Å². The van der Waals surface area contributed by atoms with Crippen molar-refractivity contribution in [3.8, 4) is 23.0 Å². The molecule has 4 aromatic carbocycles. The molecular weight excluding hydrogens is 833 g/mol. The summed E-state index contributed by atoms with van der Waals surface area (Å²) >= 11 is 0. The Kier molecular flexibility index (Phi) is 28.9. The van der Waals surface area contributed by atoms with Gasteiger partial charge in [-0.2, -0.15) is 0 Å². The van der Waals surface area contributed by atoms with E-state index in [0.29, 0.717) is 24.3 Å². The van der Waals surface area contributed by atoms with Crippen LogP contribution in [0.2, 0.25) is 0 Å². The zero-order valence-corrected chi connectivity index (χ0v) is 40.8. The van der Waals surface area contributed by atoms with E-state index in [4.69, 9.17) is 9.47 Å². The molecule has 0 unspecified atom stereocenters. The molecule has 332 valence electrons. The van der Waals surface area contributed by atoms with Gasteiger partial charge < -0.3 is 18.6 Å². The Morgan fingerprint density at radius 1 is 0.377 bits per heavy atom. The van der Waals surface area contributed by atoms with Crippen LogP contribution in [0.5, 0.6) is 23.0 Å². The third-order valence-corrected chi connectivity index (χ3v) is 12.4. The van der Waals surface area contributed by atoms with Crippen molar-refractivity contribution in [2.75, 3.05) is 0 Å². The largest absolute Gasteiger partial charge is 2.00 e. The second-order valence-corrected chi connectivity index (χ2v) is 18.5. The number of ether oxygens (including phenoxy) is 2. The minimum Gasteiger partial charge on any atom is -0.744 e. The maximum absolute atomic E-state index is 11.7. The molecule has 4 aromatic rings. The van der Waals surface area contributed by atoms with Gasteiger partial charge in [0.1, 0.15) is 43.2 Å². The average molecular weight is 903 g/mol. The van der Waals surface area contributed by atoms with Crippen LogP contribution >= 0.6 is 0 Å². The Balaban J connectivity index is 0.000000413. The van der Waals surface area contributed by atoms with Crippen molar-refractivity contribution in [1.29, 1.82) is 0 Å². The summed E-state index contributed by atoms with van der Waals surface area (Å²) in [5.74, 6) is 1.39. The van der Waals surface area contributed by atoms with Crippen molar-refractivity contribution < 1.29 is 35.4 Å². The van der Waals surface area contributed by atoms with Gasteiger partial charge in [-0.1, -0.05) is 203 Å². The number of unbranched alkanes of at least 4 members (excludes halogenated alkanes) is 20. The minimum atomic E-state index is -4.61. The molecular formula is C50H70CaO8S2. The van der Waals surface area contributed by atoms with E-state index in [-0.39, 0.29) is 59.0 Å². The van der Waals surface area contributed by atoms with Gasteiger partial charge in [-0.15, -0.1) is 0 Å². The van der Waals surface area contributed by atoms with Crippen LogP contribution in [0.25, 0.3) is 0 Å². The summed E-state index contributed by atoms with van der Waals surface area (Å²) in [4.78, 5) is -0.571. The molecule has 0 aliphatic carbocycles. The first-order chi connectivity index (χ1) is 29.0. The van der Waals surface area contributed by atoms with Crippen LogP contribution in [0.4, 0.5) is 0 Å². The quantitative estimate of drug-likeness (QED) is 0.0287. The fraction of sp³-hybridized carbons (Fsp3) is 0.520. The van der Waals surface area contributed by atoms with Gasteiger partial charge in [0.05, 0.1) is 9.79 Å². The summed E-state index contributed by atoms with van der Waals surface area (Å²) in [5.41, 5.74) is 1.54. The van der Waals surface area contributed by atoms with Gasteiger partial charge in [-0.3, -0.25) is 0 Å². The minimum absolute atomic E-state index is 0. The van der Waals surface area contributed by atoms with Crippen molar-refractivity contribution in [3.05, 3.63) is 108 Å². The van der Waals surface area contributed by atoms with E-state index >= 15 is 0 Å². The fourth-order valence-electron chi connectivity index (χ4n) is 7.31. The van der Waals surface area contributed by atoms with Crippen LogP contribution in [-0.4, -0.2) is 63.7 Å². The molecule has 61 heavy (non-hydrogen) atoms. The summed E-state index contributed by atoms with van der Waals surface area (Å²) in [6.07, 6.45) is 29.0. The molecule has 0 saturated carbocycles. The smallest absolute Gasteiger partial charge is 0.744 e. The summed E-state index contributed by atoms with van der Waals surface area (Å²) in [5, 5.41) is 0.